The number of imide groups is 1. The zero-order valence-corrected chi connectivity index (χ0v) is 17.6. The number of hydrogen-bond acceptors (Lipinski definition) is 6. The molecule has 3 heterocycles. The third-order valence-corrected chi connectivity index (χ3v) is 5.50. The number of carbonyl (C=O) groups excluding carboxylic acids is 3. The van der Waals surface area contributed by atoms with Gasteiger partial charge in [-0.15, -0.1) is 0 Å². The van der Waals surface area contributed by atoms with Gasteiger partial charge < -0.3 is 24.5 Å². The van der Waals surface area contributed by atoms with Gasteiger partial charge in [0.05, 0.1) is 12.3 Å². The first kappa shape index (κ1) is 20.8. The van der Waals surface area contributed by atoms with Gasteiger partial charge in [-0.25, -0.2) is 4.79 Å². The summed E-state index contributed by atoms with van der Waals surface area (Å²) in [6.07, 6.45) is 1.43. The maximum absolute atomic E-state index is 12.9. The number of hydrogen-bond donors (Lipinski definition) is 2. The van der Waals surface area contributed by atoms with Gasteiger partial charge in [-0.05, 0) is 42.7 Å². The van der Waals surface area contributed by atoms with E-state index in [9.17, 15) is 14.4 Å². The second-order valence-corrected chi connectivity index (χ2v) is 8.12. The Morgan fingerprint density at radius 2 is 1.94 bits per heavy atom. The van der Waals surface area contributed by atoms with Crippen LogP contribution in [0.4, 0.5) is 4.79 Å². The summed E-state index contributed by atoms with van der Waals surface area (Å²) in [6, 6.07) is 7.81. The number of nitrogens with one attached hydrogen (secondary N) is 2. The van der Waals surface area contributed by atoms with Gasteiger partial charge in [0.1, 0.15) is 25.5 Å². The molecule has 2 aromatic rings. The van der Waals surface area contributed by atoms with Crippen LogP contribution in [0.15, 0.2) is 41.0 Å². The number of ether oxygens (including phenoxy) is 2. The highest BCUT2D eigenvalue weighted by Gasteiger charge is 2.51. The smallest absolute Gasteiger partial charge is 0.325 e. The number of urea groups is 1. The van der Waals surface area contributed by atoms with Crippen LogP contribution < -0.4 is 20.1 Å². The van der Waals surface area contributed by atoms with E-state index < -0.39 is 29.9 Å². The monoisotopic (exact) mass is 427 g/mol. The van der Waals surface area contributed by atoms with Crippen molar-refractivity contribution in [1.29, 1.82) is 0 Å². The van der Waals surface area contributed by atoms with E-state index >= 15 is 0 Å². The highest BCUT2D eigenvalue weighted by atomic mass is 16.6. The van der Waals surface area contributed by atoms with Gasteiger partial charge in [0, 0.05) is 0 Å². The van der Waals surface area contributed by atoms with E-state index in [1.165, 1.54) is 6.26 Å². The van der Waals surface area contributed by atoms with Crippen molar-refractivity contribution in [2.24, 2.45) is 5.92 Å². The summed E-state index contributed by atoms with van der Waals surface area (Å²) in [6.45, 7) is 6.08. The Kier molecular flexibility index (Phi) is 5.34. The third kappa shape index (κ3) is 3.83. The lowest BCUT2D eigenvalue weighted by molar-refractivity contribution is -0.135. The summed E-state index contributed by atoms with van der Waals surface area (Å²) in [7, 11) is 0. The van der Waals surface area contributed by atoms with Crippen LogP contribution in [0.3, 0.4) is 0 Å². The number of rotatable bonds is 6. The highest BCUT2D eigenvalue weighted by molar-refractivity contribution is 6.08. The van der Waals surface area contributed by atoms with Crippen molar-refractivity contribution in [3.05, 3.63) is 47.9 Å². The molecule has 2 atom stereocenters. The van der Waals surface area contributed by atoms with Crippen LogP contribution in [-0.2, 0) is 15.1 Å². The van der Waals surface area contributed by atoms with Gasteiger partial charge in [-0.3, -0.25) is 14.5 Å². The second kappa shape index (κ2) is 7.98. The molecule has 4 rings (SSSR count). The molecule has 9 heteroatoms. The minimum atomic E-state index is -1.34. The molecular weight excluding hydrogens is 402 g/mol. The Morgan fingerprint density at radius 1 is 1.19 bits per heavy atom. The quantitative estimate of drug-likeness (QED) is 0.685. The summed E-state index contributed by atoms with van der Waals surface area (Å²) >= 11 is 0. The van der Waals surface area contributed by atoms with E-state index in [2.05, 4.69) is 10.6 Å². The molecule has 1 aromatic carbocycles. The van der Waals surface area contributed by atoms with Crippen LogP contribution in [0.1, 0.15) is 38.1 Å². The fourth-order valence-corrected chi connectivity index (χ4v) is 3.82. The Bertz CT molecular complexity index is 1000. The van der Waals surface area contributed by atoms with Gasteiger partial charge in [0.25, 0.3) is 5.91 Å². The normalized spacial score (nSPS) is 21.2. The first-order valence-corrected chi connectivity index (χ1v) is 10.2. The van der Waals surface area contributed by atoms with Crippen LogP contribution in [0.5, 0.6) is 11.5 Å². The van der Waals surface area contributed by atoms with E-state index in [1.807, 2.05) is 32.0 Å². The van der Waals surface area contributed by atoms with E-state index in [0.717, 1.165) is 10.5 Å². The maximum atomic E-state index is 12.9. The number of nitrogens with zero attached hydrogens (tertiary/aromatic N) is 1. The maximum Gasteiger partial charge on any atom is 0.325 e. The fraction of sp³-hybridized carbons (Fsp3) is 0.409. The van der Waals surface area contributed by atoms with Crippen molar-refractivity contribution >= 4 is 17.8 Å². The van der Waals surface area contributed by atoms with Gasteiger partial charge >= 0.3 is 6.03 Å². The number of furan rings is 1. The molecule has 0 bridgehead atoms. The first-order valence-electron chi connectivity index (χ1n) is 10.2. The molecule has 1 saturated heterocycles. The van der Waals surface area contributed by atoms with Crippen molar-refractivity contribution in [1.82, 2.24) is 15.5 Å². The Labute approximate surface area is 179 Å². The lowest BCUT2D eigenvalue weighted by Crippen LogP contribution is -2.44. The van der Waals surface area contributed by atoms with Crippen molar-refractivity contribution < 1.29 is 28.3 Å². The Morgan fingerprint density at radius 3 is 2.61 bits per heavy atom. The zero-order chi connectivity index (χ0) is 22.2. The molecule has 2 N–H and O–H groups in total. The summed E-state index contributed by atoms with van der Waals surface area (Å²) < 4.78 is 16.5. The summed E-state index contributed by atoms with van der Waals surface area (Å²) in [5, 5.41) is 5.55. The molecule has 0 spiro atoms. The molecule has 2 aliphatic heterocycles. The molecule has 0 aliphatic carbocycles. The molecule has 4 amide bonds. The molecule has 0 radical (unpaired) electrons. The molecule has 31 heavy (non-hydrogen) atoms. The molecule has 1 fully saturated rings. The van der Waals surface area contributed by atoms with Crippen LogP contribution in [0, 0.1) is 5.92 Å². The summed E-state index contributed by atoms with van der Waals surface area (Å²) in [5.74, 6) is 0.684. The third-order valence-electron chi connectivity index (χ3n) is 5.50. The first-order chi connectivity index (χ1) is 14.8. The van der Waals surface area contributed by atoms with E-state index in [0.29, 0.717) is 30.5 Å². The molecule has 9 nitrogen and oxygen atoms in total. The van der Waals surface area contributed by atoms with Crippen molar-refractivity contribution in [2.45, 2.75) is 32.4 Å². The number of fused-ring (bicyclic) bond motifs is 1. The van der Waals surface area contributed by atoms with Gasteiger partial charge in [-0.2, -0.15) is 0 Å². The fourth-order valence-electron chi connectivity index (χ4n) is 3.82. The second-order valence-electron chi connectivity index (χ2n) is 8.12. The van der Waals surface area contributed by atoms with E-state index in [-0.39, 0.29) is 12.0 Å². The van der Waals surface area contributed by atoms with Gasteiger partial charge in [0.2, 0.25) is 5.91 Å². The SMILES string of the molecule is CC(C)C(NC(=O)CN1C(=O)NC(C)(c2ccco2)C1=O)c1ccc2c(c1)OCCO2. The summed E-state index contributed by atoms with van der Waals surface area (Å²) in [4.78, 5) is 39.0. The topological polar surface area (TPSA) is 110 Å². The largest absolute Gasteiger partial charge is 0.486 e. The molecule has 2 unspecified atom stereocenters. The van der Waals surface area contributed by atoms with Crippen LogP contribution >= 0.6 is 0 Å². The van der Waals surface area contributed by atoms with Gasteiger partial charge in [0.15, 0.2) is 17.0 Å². The van der Waals surface area contributed by atoms with E-state index in [1.54, 1.807) is 19.1 Å². The average molecular weight is 427 g/mol. The lowest BCUT2D eigenvalue weighted by atomic mass is 9.95. The zero-order valence-electron chi connectivity index (χ0n) is 17.6. The molecule has 0 saturated carbocycles. The molecular formula is C22H25N3O6. The predicted molar refractivity (Wildman–Crippen MR) is 109 cm³/mol. The van der Waals surface area contributed by atoms with Gasteiger partial charge in [-0.1, -0.05) is 19.9 Å². The van der Waals surface area contributed by atoms with Crippen LogP contribution in [-0.4, -0.2) is 42.5 Å². The number of benzene rings is 1. The molecule has 2 aliphatic rings. The summed E-state index contributed by atoms with van der Waals surface area (Å²) in [5.41, 5.74) is -0.487. The Hall–Kier alpha value is -3.49. The average Bonchev–Trinajstić information content (AvgIpc) is 3.36. The molecule has 164 valence electrons. The number of amides is 4. The number of carbonyl (C=O) groups is 3. The predicted octanol–water partition coefficient (Wildman–Crippen LogP) is 2.33. The van der Waals surface area contributed by atoms with E-state index in [4.69, 9.17) is 13.9 Å². The van der Waals surface area contributed by atoms with Crippen molar-refractivity contribution in [3.63, 3.8) is 0 Å². The highest BCUT2D eigenvalue weighted by Crippen LogP contribution is 2.34. The minimum Gasteiger partial charge on any atom is -0.486 e. The minimum absolute atomic E-state index is 0.0583. The van der Waals surface area contributed by atoms with Crippen LogP contribution in [0.2, 0.25) is 0 Å². The Balaban J connectivity index is 1.48. The standard InChI is InChI=1S/C22H25N3O6/c1-13(2)19(14-6-7-15-16(11-14)30-10-9-29-15)23-18(26)12-25-20(27)22(3,24-21(25)28)17-5-4-8-31-17/h4-8,11,13,19H,9-10,12H2,1-3H3,(H,23,26)(H,24,28). The van der Waals surface area contributed by atoms with Crippen LogP contribution in [0.25, 0.3) is 0 Å². The molecule has 1 aromatic heterocycles. The van der Waals surface area contributed by atoms with Crippen molar-refractivity contribution in [3.8, 4) is 11.5 Å². The lowest BCUT2D eigenvalue weighted by Gasteiger charge is -2.26. The van der Waals surface area contributed by atoms with Crippen molar-refractivity contribution in [2.75, 3.05) is 19.8 Å².